The van der Waals surface area contributed by atoms with Crippen LogP contribution in [0.1, 0.15) is 57.6 Å². The number of ketones is 1. The second-order valence-corrected chi connectivity index (χ2v) is 7.34. The smallest absolute Gasteiger partial charge is 0.188 e. The van der Waals surface area contributed by atoms with Crippen LogP contribution in [0, 0.1) is 34.6 Å². The van der Waals surface area contributed by atoms with Gasteiger partial charge in [-0.15, -0.1) is 0 Å². The number of Topliss-reactive ketones (excluding diaryl/α,β-unsaturated/α-hetero) is 1. The number of hydrogen-bond donors (Lipinski definition) is 0. The fraction of sp³-hybridized carbons (Fsp3) is 0.500. The molecule has 0 spiro atoms. The van der Waals surface area contributed by atoms with Gasteiger partial charge in [-0.05, 0) is 59.1 Å². The monoisotopic (exact) mass is 329 g/mol. The van der Waals surface area contributed by atoms with Crippen LogP contribution in [-0.2, 0) is 0 Å². The third-order valence-corrected chi connectivity index (χ3v) is 5.49. The van der Waals surface area contributed by atoms with Crippen molar-refractivity contribution in [1.82, 2.24) is 14.5 Å². The molecule has 0 radical (unpaired) electrons. The molecule has 2 heterocycles. The molecule has 122 valence electrons. The molecular formula is C18H23N3OS. The van der Waals surface area contributed by atoms with Gasteiger partial charge in [-0.1, -0.05) is 11.8 Å². The third kappa shape index (κ3) is 3.20. The summed E-state index contributed by atoms with van der Waals surface area (Å²) in [6.45, 7) is 10.1. The molecule has 1 aliphatic carbocycles. The lowest BCUT2D eigenvalue weighted by Crippen LogP contribution is -2.07. The van der Waals surface area contributed by atoms with E-state index in [2.05, 4.69) is 28.4 Å². The topological polar surface area (TPSA) is 47.8 Å². The summed E-state index contributed by atoms with van der Waals surface area (Å²) in [7, 11) is 0. The van der Waals surface area contributed by atoms with E-state index in [4.69, 9.17) is 0 Å². The maximum atomic E-state index is 12.6. The van der Waals surface area contributed by atoms with E-state index in [9.17, 15) is 4.79 Å². The highest BCUT2D eigenvalue weighted by Gasteiger charge is 2.28. The van der Waals surface area contributed by atoms with Gasteiger partial charge in [0.05, 0.1) is 5.75 Å². The van der Waals surface area contributed by atoms with Gasteiger partial charge >= 0.3 is 0 Å². The molecule has 1 saturated carbocycles. The Morgan fingerprint density at radius 1 is 1.17 bits per heavy atom. The summed E-state index contributed by atoms with van der Waals surface area (Å²) < 4.78 is 2.31. The van der Waals surface area contributed by atoms with Crippen LogP contribution in [0.25, 0.3) is 0 Å². The van der Waals surface area contributed by atoms with Crippen molar-refractivity contribution in [3.8, 4) is 0 Å². The molecule has 23 heavy (non-hydrogen) atoms. The minimum absolute atomic E-state index is 0.162. The first kappa shape index (κ1) is 16.2. The summed E-state index contributed by atoms with van der Waals surface area (Å²) in [6.07, 6.45) is 2.46. The van der Waals surface area contributed by atoms with Gasteiger partial charge in [-0.2, -0.15) is 0 Å². The summed E-state index contributed by atoms with van der Waals surface area (Å²) in [4.78, 5) is 21.5. The van der Waals surface area contributed by atoms with E-state index in [0.717, 1.165) is 28.2 Å². The van der Waals surface area contributed by atoms with E-state index >= 15 is 0 Å². The summed E-state index contributed by atoms with van der Waals surface area (Å²) in [5.74, 6) is 0.547. The van der Waals surface area contributed by atoms with Crippen LogP contribution in [0.3, 0.4) is 0 Å². The zero-order valence-corrected chi connectivity index (χ0v) is 15.3. The normalized spacial score (nSPS) is 14.3. The lowest BCUT2D eigenvalue weighted by atomic mass is 10.2. The van der Waals surface area contributed by atoms with E-state index in [-0.39, 0.29) is 5.78 Å². The molecule has 1 fully saturated rings. The minimum Gasteiger partial charge on any atom is -0.345 e. The van der Waals surface area contributed by atoms with Crippen LogP contribution in [0.4, 0.5) is 0 Å². The number of carbonyl (C=O) groups is 1. The number of aryl methyl sites for hydroxylation is 3. The Hall–Kier alpha value is -1.62. The van der Waals surface area contributed by atoms with Crippen LogP contribution < -0.4 is 0 Å². The summed E-state index contributed by atoms with van der Waals surface area (Å²) in [5.41, 5.74) is 6.24. The quantitative estimate of drug-likeness (QED) is 0.470. The van der Waals surface area contributed by atoms with Crippen LogP contribution in [0.5, 0.6) is 0 Å². The van der Waals surface area contributed by atoms with Crippen molar-refractivity contribution in [2.24, 2.45) is 0 Å². The highest BCUT2D eigenvalue weighted by atomic mass is 32.2. The van der Waals surface area contributed by atoms with Gasteiger partial charge in [-0.3, -0.25) is 4.79 Å². The Balaban J connectivity index is 1.74. The van der Waals surface area contributed by atoms with Crippen molar-refractivity contribution in [1.29, 1.82) is 0 Å². The number of hydrogen-bond acceptors (Lipinski definition) is 4. The largest absolute Gasteiger partial charge is 0.345 e. The molecule has 3 rings (SSSR count). The molecule has 0 N–H and O–H groups in total. The Labute approximate surface area is 141 Å². The Kier molecular flexibility index (Phi) is 4.32. The lowest BCUT2D eigenvalue weighted by molar-refractivity contribution is 0.102. The summed E-state index contributed by atoms with van der Waals surface area (Å²) in [6, 6.07) is 2.64. The average molecular weight is 329 g/mol. The van der Waals surface area contributed by atoms with E-state index < -0.39 is 0 Å². The summed E-state index contributed by atoms with van der Waals surface area (Å²) in [5, 5.41) is 0.690. The summed E-state index contributed by atoms with van der Waals surface area (Å²) >= 11 is 1.43. The Morgan fingerprint density at radius 2 is 1.78 bits per heavy atom. The lowest BCUT2D eigenvalue weighted by Gasteiger charge is -2.08. The molecular weight excluding hydrogens is 306 g/mol. The molecule has 0 unspecified atom stereocenters. The first-order chi connectivity index (χ1) is 10.9. The van der Waals surface area contributed by atoms with Gasteiger partial charge in [0.25, 0.3) is 0 Å². The predicted molar refractivity (Wildman–Crippen MR) is 93.5 cm³/mol. The van der Waals surface area contributed by atoms with E-state index in [1.165, 1.54) is 30.3 Å². The van der Waals surface area contributed by atoms with Crippen molar-refractivity contribution >= 4 is 17.5 Å². The highest BCUT2D eigenvalue weighted by Crippen LogP contribution is 2.38. The third-order valence-electron chi connectivity index (χ3n) is 4.64. The Morgan fingerprint density at radius 3 is 2.35 bits per heavy atom. The number of thioether (sulfide) groups is 1. The molecule has 0 saturated heterocycles. The number of aromatic nitrogens is 3. The van der Waals surface area contributed by atoms with Gasteiger partial charge in [0.1, 0.15) is 0 Å². The van der Waals surface area contributed by atoms with Crippen LogP contribution in [0.2, 0.25) is 0 Å². The highest BCUT2D eigenvalue weighted by molar-refractivity contribution is 7.99. The van der Waals surface area contributed by atoms with Crippen molar-refractivity contribution in [2.45, 2.75) is 58.7 Å². The Bertz CT molecular complexity index is 752. The SMILES string of the molecule is Cc1nc(SCC(=O)c2cc(C)n(C3CC3)c2C)nc(C)c1C. The molecule has 0 amide bonds. The standard InChI is InChI=1S/C18H23N3OS/c1-10-8-16(14(5)21(10)15-6-7-15)17(22)9-23-18-19-12(3)11(2)13(4)20-18/h8,15H,6-7,9H2,1-5H3. The molecule has 0 aliphatic heterocycles. The van der Waals surface area contributed by atoms with Crippen molar-refractivity contribution in [3.63, 3.8) is 0 Å². The molecule has 4 nitrogen and oxygen atoms in total. The van der Waals surface area contributed by atoms with E-state index in [0.29, 0.717) is 17.0 Å². The zero-order chi connectivity index (χ0) is 16.7. The van der Waals surface area contributed by atoms with Gasteiger partial charge < -0.3 is 4.57 Å². The fourth-order valence-electron chi connectivity index (χ4n) is 2.97. The first-order valence-electron chi connectivity index (χ1n) is 8.04. The van der Waals surface area contributed by atoms with Crippen molar-refractivity contribution in [3.05, 3.63) is 40.0 Å². The molecule has 5 heteroatoms. The van der Waals surface area contributed by atoms with Crippen molar-refractivity contribution in [2.75, 3.05) is 5.75 Å². The minimum atomic E-state index is 0.162. The molecule has 0 aromatic carbocycles. The van der Waals surface area contributed by atoms with Crippen LogP contribution in [0.15, 0.2) is 11.2 Å². The molecule has 0 atom stereocenters. The van der Waals surface area contributed by atoms with Gasteiger partial charge in [0, 0.05) is 34.4 Å². The van der Waals surface area contributed by atoms with Gasteiger partial charge in [-0.25, -0.2) is 9.97 Å². The first-order valence-corrected chi connectivity index (χ1v) is 9.03. The zero-order valence-electron chi connectivity index (χ0n) is 14.4. The second-order valence-electron chi connectivity index (χ2n) is 6.40. The molecule has 1 aliphatic rings. The number of carbonyl (C=O) groups excluding carboxylic acids is 1. The predicted octanol–water partition coefficient (Wildman–Crippen LogP) is 4.13. The molecule has 0 bridgehead atoms. The fourth-order valence-corrected chi connectivity index (χ4v) is 3.79. The van der Waals surface area contributed by atoms with Gasteiger partial charge in [0.15, 0.2) is 10.9 Å². The maximum absolute atomic E-state index is 12.6. The van der Waals surface area contributed by atoms with E-state index in [1.54, 1.807) is 0 Å². The number of nitrogens with zero attached hydrogens (tertiary/aromatic N) is 3. The maximum Gasteiger partial charge on any atom is 0.188 e. The molecule has 2 aromatic heterocycles. The van der Waals surface area contributed by atoms with Gasteiger partial charge in [0.2, 0.25) is 0 Å². The van der Waals surface area contributed by atoms with E-state index in [1.807, 2.05) is 26.8 Å². The molecule has 2 aromatic rings. The van der Waals surface area contributed by atoms with Crippen LogP contribution in [-0.4, -0.2) is 26.1 Å². The second kappa shape index (κ2) is 6.11. The van der Waals surface area contributed by atoms with Crippen LogP contribution >= 0.6 is 11.8 Å². The van der Waals surface area contributed by atoms with Crippen molar-refractivity contribution < 1.29 is 4.79 Å². The number of rotatable bonds is 5. The average Bonchev–Trinajstić information content (AvgIpc) is 3.28.